The molecule has 2 aliphatic rings. The van der Waals surface area contributed by atoms with Gasteiger partial charge in [-0.3, -0.25) is 24.2 Å². The molecule has 0 bridgehead atoms. The summed E-state index contributed by atoms with van der Waals surface area (Å²) in [4.78, 5) is 38.9. The molecule has 3 amide bonds. The van der Waals surface area contributed by atoms with Gasteiger partial charge in [-0.1, -0.05) is 24.3 Å². The summed E-state index contributed by atoms with van der Waals surface area (Å²) in [6.07, 6.45) is 0.182. The first-order valence-electron chi connectivity index (χ1n) is 8.00. The summed E-state index contributed by atoms with van der Waals surface area (Å²) in [5, 5.41) is 0. The summed E-state index contributed by atoms with van der Waals surface area (Å²) in [5.41, 5.74) is 0.436. The molecule has 0 spiro atoms. The van der Waals surface area contributed by atoms with Crippen molar-refractivity contribution in [2.24, 2.45) is 0 Å². The van der Waals surface area contributed by atoms with E-state index in [1.165, 1.54) is 29.2 Å². The van der Waals surface area contributed by atoms with Crippen LogP contribution in [-0.4, -0.2) is 37.6 Å². The quantitative estimate of drug-likeness (QED) is 0.750. The van der Waals surface area contributed by atoms with Crippen molar-refractivity contribution in [1.82, 2.24) is 4.90 Å². The topological polar surface area (TPSA) is 91.8 Å². The lowest BCUT2D eigenvalue weighted by molar-refractivity contribution is -0.141. The van der Waals surface area contributed by atoms with E-state index in [0.717, 1.165) is 4.90 Å². The summed E-state index contributed by atoms with van der Waals surface area (Å²) in [6, 6.07) is 12.4. The largest absolute Gasteiger partial charge is 0.277 e. The average Bonchev–Trinajstić information content (AvgIpc) is 2.94. The number of benzene rings is 2. The van der Waals surface area contributed by atoms with Crippen LogP contribution in [0.4, 0.5) is 11.4 Å². The van der Waals surface area contributed by atoms with Gasteiger partial charge in [0.2, 0.25) is 21.7 Å². The van der Waals surface area contributed by atoms with Gasteiger partial charge in [-0.15, -0.1) is 0 Å². The lowest BCUT2D eigenvalue weighted by Crippen LogP contribution is -2.42. The third kappa shape index (κ3) is 2.33. The van der Waals surface area contributed by atoms with E-state index in [1.54, 1.807) is 24.3 Å². The molecule has 1 saturated heterocycles. The van der Waals surface area contributed by atoms with Gasteiger partial charge in [0.05, 0.1) is 21.2 Å². The third-order valence-electron chi connectivity index (χ3n) is 4.49. The zero-order valence-electron chi connectivity index (χ0n) is 13.6. The molecule has 0 aliphatic carbocycles. The molecule has 0 N–H and O–H groups in total. The number of nitrogens with zero attached hydrogens (tertiary/aromatic N) is 2. The van der Waals surface area contributed by atoms with E-state index in [4.69, 9.17) is 0 Å². The standard InChI is InChI=1S/C18H14N2O5S/c21-16-9-10-17(22)19(16)11-18(23)20-12-5-1-3-7-14(12)26(24,25)15-8-4-2-6-13(15)20/h1-8H,9-11H2. The van der Waals surface area contributed by atoms with Crippen LogP contribution >= 0.6 is 0 Å². The number of hydrogen-bond acceptors (Lipinski definition) is 5. The van der Waals surface area contributed by atoms with Crippen molar-refractivity contribution in [2.45, 2.75) is 22.6 Å². The molecule has 7 nitrogen and oxygen atoms in total. The molecule has 2 aliphatic heterocycles. The molecular formula is C18H14N2O5S. The van der Waals surface area contributed by atoms with Gasteiger partial charge >= 0.3 is 0 Å². The van der Waals surface area contributed by atoms with Crippen LogP contribution in [0.25, 0.3) is 0 Å². The number of fused-ring (bicyclic) bond motifs is 2. The summed E-state index contributed by atoms with van der Waals surface area (Å²) >= 11 is 0. The molecule has 0 atom stereocenters. The SMILES string of the molecule is O=C1CCC(=O)N1CC(=O)N1c2ccccc2S(=O)(=O)c2ccccc21. The molecule has 0 aromatic heterocycles. The van der Waals surface area contributed by atoms with Crippen LogP contribution in [0.2, 0.25) is 0 Å². The molecule has 4 rings (SSSR count). The van der Waals surface area contributed by atoms with Crippen LogP contribution in [0, 0.1) is 0 Å². The number of para-hydroxylation sites is 2. The molecule has 26 heavy (non-hydrogen) atoms. The highest BCUT2D eigenvalue weighted by Crippen LogP contribution is 2.43. The Morgan fingerprint density at radius 2 is 1.31 bits per heavy atom. The number of carbonyl (C=O) groups excluding carboxylic acids is 3. The van der Waals surface area contributed by atoms with Crippen LogP contribution in [0.5, 0.6) is 0 Å². The molecular weight excluding hydrogens is 356 g/mol. The van der Waals surface area contributed by atoms with Crippen molar-refractivity contribution >= 4 is 38.9 Å². The van der Waals surface area contributed by atoms with Gasteiger partial charge in [-0.05, 0) is 24.3 Å². The minimum absolute atomic E-state index is 0.0196. The molecule has 2 heterocycles. The lowest BCUT2D eigenvalue weighted by atomic mass is 10.2. The second-order valence-electron chi connectivity index (χ2n) is 6.04. The second-order valence-corrected chi connectivity index (χ2v) is 7.93. The van der Waals surface area contributed by atoms with E-state index in [2.05, 4.69) is 0 Å². The number of sulfone groups is 1. The van der Waals surface area contributed by atoms with Crippen molar-refractivity contribution in [2.75, 3.05) is 11.4 Å². The lowest BCUT2D eigenvalue weighted by Gasteiger charge is -2.32. The maximum atomic E-state index is 13.0. The summed E-state index contributed by atoms with van der Waals surface area (Å²) in [6.45, 7) is -0.416. The Hall–Kier alpha value is -3.00. The van der Waals surface area contributed by atoms with Crippen molar-refractivity contribution < 1.29 is 22.8 Å². The molecule has 2 aromatic carbocycles. The van der Waals surface area contributed by atoms with Crippen molar-refractivity contribution in [3.63, 3.8) is 0 Å². The van der Waals surface area contributed by atoms with E-state index in [0.29, 0.717) is 0 Å². The number of amides is 3. The van der Waals surface area contributed by atoms with E-state index in [1.807, 2.05) is 0 Å². The summed E-state index contributed by atoms with van der Waals surface area (Å²) < 4.78 is 25.7. The van der Waals surface area contributed by atoms with E-state index < -0.39 is 34.1 Å². The van der Waals surface area contributed by atoms with Crippen LogP contribution in [-0.2, 0) is 24.2 Å². The Morgan fingerprint density at radius 1 is 0.846 bits per heavy atom. The van der Waals surface area contributed by atoms with Gasteiger partial charge in [0.15, 0.2) is 0 Å². The van der Waals surface area contributed by atoms with Gasteiger partial charge < -0.3 is 0 Å². The predicted molar refractivity (Wildman–Crippen MR) is 91.4 cm³/mol. The molecule has 0 saturated carbocycles. The van der Waals surface area contributed by atoms with Crippen LogP contribution in [0.1, 0.15) is 12.8 Å². The Labute approximate surface area is 149 Å². The third-order valence-corrected chi connectivity index (χ3v) is 6.34. The number of anilines is 2. The van der Waals surface area contributed by atoms with Crippen LogP contribution < -0.4 is 4.90 Å². The zero-order chi connectivity index (χ0) is 18.5. The normalized spacial score (nSPS) is 17.8. The maximum Gasteiger partial charge on any atom is 0.251 e. The number of hydrogen-bond donors (Lipinski definition) is 0. The maximum absolute atomic E-state index is 13.0. The minimum Gasteiger partial charge on any atom is -0.277 e. The zero-order valence-corrected chi connectivity index (χ0v) is 14.4. The number of carbonyl (C=O) groups is 3. The second kappa shape index (κ2) is 5.77. The Kier molecular flexibility index (Phi) is 3.66. The van der Waals surface area contributed by atoms with Gasteiger partial charge in [0, 0.05) is 12.8 Å². The van der Waals surface area contributed by atoms with Gasteiger partial charge in [-0.2, -0.15) is 0 Å². The fourth-order valence-electron chi connectivity index (χ4n) is 3.26. The van der Waals surface area contributed by atoms with Crippen LogP contribution in [0.15, 0.2) is 58.3 Å². The number of likely N-dealkylation sites (tertiary alicyclic amines) is 1. The van der Waals surface area contributed by atoms with Crippen LogP contribution in [0.3, 0.4) is 0 Å². The fourth-order valence-corrected chi connectivity index (χ4v) is 4.88. The highest BCUT2D eigenvalue weighted by Gasteiger charge is 2.38. The Balaban J connectivity index is 1.83. The first kappa shape index (κ1) is 16.5. The van der Waals surface area contributed by atoms with E-state index in [9.17, 15) is 22.8 Å². The predicted octanol–water partition coefficient (Wildman–Crippen LogP) is 1.65. The highest BCUT2D eigenvalue weighted by atomic mass is 32.2. The van der Waals surface area contributed by atoms with E-state index >= 15 is 0 Å². The highest BCUT2D eigenvalue weighted by molar-refractivity contribution is 7.92. The molecule has 132 valence electrons. The van der Waals surface area contributed by atoms with Gasteiger partial charge in [-0.25, -0.2) is 8.42 Å². The first-order valence-corrected chi connectivity index (χ1v) is 9.49. The average molecular weight is 370 g/mol. The molecule has 0 unspecified atom stereocenters. The summed E-state index contributed by atoms with van der Waals surface area (Å²) in [5.74, 6) is -1.33. The number of imide groups is 1. The van der Waals surface area contributed by atoms with Crippen molar-refractivity contribution in [3.8, 4) is 0 Å². The molecule has 1 fully saturated rings. The minimum atomic E-state index is -3.76. The Morgan fingerprint density at radius 3 is 1.81 bits per heavy atom. The molecule has 8 heteroatoms. The molecule has 2 aromatic rings. The monoisotopic (exact) mass is 370 g/mol. The van der Waals surface area contributed by atoms with Crippen molar-refractivity contribution in [1.29, 1.82) is 0 Å². The molecule has 0 radical (unpaired) electrons. The number of rotatable bonds is 2. The Bertz CT molecular complexity index is 991. The van der Waals surface area contributed by atoms with Gasteiger partial charge in [0.25, 0.3) is 5.91 Å². The smallest absolute Gasteiger partial charge is 0.251 e. The van der Waals surface area contributed by atoms with Gasteiger partial charge in [0.1, 0.15) is 6.54 Å². The van der Waals surface area contributed by atoms with E-state index in [-0.39, 0.29) is 34.0 Å². The first-order chi connectivity index (χ1) is 12.4. The summed E-state index contributed by atoms with van der Waals surface area (Å²) in [7, 11) is -3.76. The fraction of sp³-hybridized carbons (Fsp3) is 0.167. The van der Waals surface area contributed by atoms with Crippen molar-refractivity contribution in [3.05, 3.63) is 48.5 Å².